The van der Waals surface area contributed by atoms with E-state index in [2.05, 4.69) is 91.0 Å². The van der Waals surface area contributed by atoms with Crippen molar-refractivity contribution in [2.45, 2.75) is 0 Å². The predicted molar refractivity (Wildman–Crippen MR) is 140 cm³/mol. The Morgan fingerprint density at radius 2 is 1.30 bits per heavy atom. The lowest BCUT2D eigenvalue weighted by Gasteiger charge is -2.09. The number of hydrogen-bond donors (Lipinski definition) is 0. The number of ether oxygens (including phenoxy) is 1. The van der Waals surface area contributed by atoms with Crippen molar-refractivity contribution in [3.8, 4) is 38.6 Å². The van der Waals surface area contributed by atoms with E-state index in [1.165, 1.54) is 26.6 Å². The lowest BCUT2D eigenvalue weighted by Crippen LogP contribution is -1.86. The van der Waals surface area contributed by atoms with E-state index in [1.54, 1.807) is 18.4 Å². The Labute approximate surface area is 196 Å². The molecule has 0 saturated carbocycles. The molecule has 0 fully saturated rings. The van der Waals surface area contributed by atoms with Crippen LogP contribution in [0.3, 0.4) is 0 Å². The maximum absolute atomic E-state index is 5.36. The highest BCUT2D eigenvalue weighted by Crippen LogP contribution is 2.42. The molecule has 6 aromatic rings. The maximum atomic E-state index is 5.36. The van der Waals surface area contributed by atoms with Gasteiger partial charge in [-0.25, -0.2) is 4.98 Å². The zero-order valence-corrected chi connectivity index (χ0v) is 19.0. The van der Waals surface area contributed by atoms with Crippen LogP contribution in [0, 0.1) is 0 Å². The van der Waals surface area contributed by atoms with Gasteiger partial charge >= 0.3 is 0 Å². The van der Waals surface area contributed by atoms with Gasteiger partial charge in [0, 0.05) is 16.7 Å². The molecule has 6 rings (SSSR count). The molecular weight excluding hydrogens is 422 g/mol. The normalized spacial score (nSPS) is 11.2. The number of fused-ring (bicyclic) bond motifs is 2. The fraction of sp³-hybridized carbons (Fsp3) is 0.0333. The van der Waals surface area contributed by atoms with Crippen molar-refractivity contribution in [2.75, 3.05) is 7.11 Å². The molecule has 0 aliphatic heterocycles. The van der Waals surface area contributed by atoms with Gasteiger partial charge in [0.1, 0.15) is 10.8 Å². The van der Waals surface area contributed by atoms with Crippen LogP contribution in [0.2, 0.25) is 0 Å². The highest BCUT2D eigenvalue weighted by atomic mass is 32.1. The van der Waals surface area contributed by atoms with Crippen molar-refractivity contribution in [2.24, 2.45) is 0 Å². The summed E-state index contributed by atoms with van der Waals surface area (Å²) in [6, 6.07) is 38.3. The van der Waals surface area contributed by atoms with E-state index in [0.717, 1.165) is 33.0 Å². The Kier molecular flexibility index (Phi) is 4.89. The zero-order valence-electron chi connectivity index (χ0n) is 18.2. The average molecular weight is 444 g/mol. The molecule has 2 nitrogen and oxygen atoms in total. The van der Waals surface area contributed by atoms with Crippen LogP contribution in [0.15, 0.2) is 109 Å². The Balaban J connectivity index is 1.59. The number of rotatable bonds is 4. The molecule has 5 aromatic carbocycles. The second kappa shape index (κ2) is 8.19. The van der Waals surface area contributed by atoms with Gasteiger partial charge in [0.05, 0.1) is 17.3 Å². The number of aromatic nitrogens is 1. The van der Waals surface area contributed by atoms with Crippen LogP contribution in [0.25, 0.3) is 53.8 Å². The van der Waals surface area contributed by atoms with Crippen molar-refractivity contribution in [1.82, 2.24) is 4.98 Å². The van der Waals surface area contributed by atoms with Crippen LogP contribution in [0.1, 0.15) is 0 Å². The topological polar surface area (TPSA) is 22.1 Å². The second-order valence-corrected chi connectivity index (χ2v) is 9.01. The maximum Gasteiger partial charge on any atom is 0.124 e. The molecule has 0 atom stereocenters. The molecule has 0 spiro atoms. The van der Waals surface area contributed by atoms with E-state index in [1.807, 2.05) is 18.2 Å². The van der Waals surface area contributed by atoms with E-state index >= 15 is 0 Å². The quantitative estimate of drug-likeness (QED) is 0.273. The Bertz CT molecular complexity index is 1580. The molecule has 1 aromatic heterocycles. The summed E-state index contributed by atoms with van der Waals surface area (Å²) in [7, 11) is 1.70. The van der Waals surface area contributed by atoms with Gasteiger partial charge in [-0.1, -0.05) is 91.0 Å². The van der Waals surface area contributed by atoms with Crippen molar-refractivity contribution < 1.29 is 4.74 Å². The first-order chi connectivity index (χ1) is 16.3. The van der Waals surface area contributed by atoms with Crippen LogP contribution in [0.4, 0.5) is 0 Å². The summed E-state index contributed by atoms with van der Waals surface area (Å²) in [5, 5.41) is 3.52. The molecule has 0 aliphatic rings. The van der Waals surface area contributed by atoms with Gasteiger partial charge in [0.15, 0.2) is 0 Å². The summed E-state index contributed by atoms with van der Waals surface area (Å²) >= 11 is 1.75. The minimum absolute atomic E-state index is 0.858. The van der Waals surface area contributed by atoms with Gasteiger partial charge < -0.3 is 4.74 Å². The summed E-state index contributed by atoms with van der Waals surface area (Å²) < 4.78 is 6.56. The van der Waals surface area contributed by atoms with Crippen LogP contribution in [-0.2, 0) is 0 Å². The van der Waals surface area contributed by atoms with E-state index < -0.39 is 0 Å². The summed E-state index contributed by atoms with van der Waals surface area (Å²) in [5.74, 6) is 0.858. The number of benzene rings is 5. The molecule has 1 heterocycles. The lowest BCUT2D eigenvalue weighted by atomic mass is 9.97. The average Bonchev–Trinajstić information content (AvgIpc) is 3.34. The summed E-state index contributed by atoms with van der Waals surface area (Å²) in [6.45, 7) is 0. The SMILES string of the molecule is COc1ccc(-c2ccc(-c3ccc4ccccc4c3)c3nc(-c4ccccc4)sc23)cc1. The first-order valence-electron chi connectivity index (χ1n) is 10.9. The highest BCUT2D eigenvalue weighted by Gasteiger charge is 2.16. The third-order valence-corrected chi connectivity index (χ3v) is 7.16. The van der Waals surface area contributed by atoms with Crippen molar-refractivity contribution in [1.29, 1.82) is 0 Å². The van der Waals surface area contributed by atoms with Crippen molar-refractivity contribution in [3.05, 3.63) is 109 Å². The van der Waals surface area contributed by atoms with E-state index in [4.69, 9.17) is 9.72 Å². The summed E-state index contributed by atoms with van der Waals surface area (Å²) in [6.07, 6.45) is 0. The largest absolute Gasteiger partial charge is 0.497 e. The minimum Gasteiger partial charge on any atom is -0.497 e. The molecule has 0 aliphatic carbocycles. The Morgan fingerprint density at radius 1 is 0.606 bits per heavy atom. The van der Waals surface area contributed by atoms with E-state index in [9.17, 15) is 0 Å². The zero-order chi connectivity index (χ0) is 22.2. The van der Waals surface area contributed by atoms with Gasteiger partial charge in [-0.15, -0.1) is 11.3 Å². The molecule has 33 heavy (non-hydrogen) atoms. The number of nitrogens with zero attached hydrogens (tertiary/aromatic N) is 1. The van der Waals surface area contributed by atoms with Crippen molar-refractivity contribution in [3.63, 3.8) is 0 Å². The molecule has 0 unspecified atom stereocenters. The number of hydrogen-bond acceptors (Lipinski definition) is 3. The van der Waals surface area contributed by atoms with Crippen LogP contribution in [0.5, 0.6) is 5.75 Å². The third-order valence-electron chi connectivity index (χ3n) is 6.03. The van der Waals surface area contributed by atoms with Gasteiger partial charge in [-0.2, -0.15) is 0 Å². The number of thiazole rings is 1. The Hall–Kier alpha value is -3.95. The fourth-order valence-corrected chi connectivity index (χ4v) is 5.43. The van der Waals surface area contributed by atoms with E-state index in [0.29, 0.717) is 0 Å². The van der Waals surface area contributed by atoms with E-state index in [-0.39, 0.29) is 0 Å². The summed E-state index contributed by atoms with van der Waals surface area (Å²) in [4.78, 5) is 5.15. The smallest absolute Gasteiger partial charge is 0.124 e. The molecular formula is C30H21NOS. The van der Waals surface area contributed by atoms with Gasteiger partial charge in [-0.05, 0) is 40.1 Å². The fourth-order valence-electron chi connectivity index (χ4n) is 4.30. The Morgan fingerprint density at radius 3 is 2.09 bits per heavy atom. The van der Waals surface area contributed by atoms with Gasteiger partial charge in [-0.3, -0.25) is 0 Å². The van der Waals surface area contributed by atoms with Crippen molar-refractivity contribution >= 4 is 32.3 Å². The van der Waals surface area contributed by atoms with Crippen LogP contribution in [-0.4, -0.2) is 12.1 Å². The molecule has 0 N–H and O–H groups in total. The second-order valence-electron chi connectivity index (χ2n) is 8.01. The monoisotopic (exact) mass is 443 g/mol. The minimum atomic E-state index is 0.858. The molecule has 0 radical (unpaired) electrons. The molecule has 3 heteroatoms. The third kappa shape index (κ3) is 3.57. The molecule has 0 amide bonds. The van der Waals surface area contributed by atoms with Gasteiger partial charge in [0.2, 0.25) is 0 Å². The highest BCUT2D eigenvalue weighted by molar-refractivity contribution is 7.22. The van der Waals surface area contributed by atoms with Gasteiger partial charge in [0.25, 0.3) is 0 Å². The first kappa shape index (κ1) is 19.7. The van der Waals surface area contributed by atoms with Crippen LogP contribution >= 0.6 is 11.3 Å². The lowest BCUT2D eigenvalue weighted by molar-refractivity contribution is 0.415. The molecule has 0 saturated heterocycles. The molecule has 158 valence electrons. The summed E-state index contributed by atoms with van der Waals surface area (Å²) in [5.41, 5.74) is 6.88. The first-order valence-corrected chi connectivity index (χ1v) is 11.7. The predicted octanol–water partition coefficient (Wildman–Crippen LogP) is 8.46. The number of methoxy groups -OCH3 is 1. The van der Waals surface area contributed by atoms with Crippen LogP contribution < -0.4 is 4.74 Å². The standard InChI is InChI=1S/C30H21NOS/c1-32-25-15-13-21(14-16-25)27-18-17-26(24-12-11-20-7-5-6-10-23(20)19-24)28-29(27)33-30(31-28)22-8-3-2-4-9-22/h2-19H,1H3. The molecule has 0 bridgehead atoms.